The second-order valence-electron chi connectivity index (χ2n) is 6.99. The molecule has 10 heteroatoms. The Kier molecular flexibility index (Phi) is 7.40. The van der Waals surface area contributed by atoms with Gasteiger partial charge in [-0.25, -0.2) is 4.39 Å². The fourth-order valence-corrected chi connectivity index (χ4v) is 3.49. The summed E-state index contributed by atoms with van der Waals surface area (Å²) in [6, 6.07) is 9.14. The summed E-state index contributed by atoms with van der Waals surface area (Å²) in [6.07, 6.45) is 0. The van der Waals surface area contributed by atoms with E-state index in [1.54, 1.807) is 13.0 Å². The van der Waals surface area contributed by atoms with Gasteiger partial charge in [-0.1, -0.05) is 23.7 Å². The van der Waals surface area contributed by atoms with Crippen LogP contribution in [0.15, 0.2) is 42.5 Å². The second kappa shape index (κ2) is 10.0. The average molecular weight is 456 g/mol. The molecule has 0 bridgehead atoms. The largest absolute Gasteiger partial charge is 0.434 e. The Labute approximate surface area is 182 Å². The molecule has 6 nitrogen and oxygen atoms in total. The number of ether oxygens (including phenoxy) is 1. The number of para-hydroxylation sites is 1. The Morgan fingerprint density at radius 3 is 2.45 bits per heavy atom. The number of nitrogens with zero attached hydrogens (tertiary/aromatic N) is 2. The number of alkyl halides is 2. The van der Waals surface area contributed by atoms with Crippen molar-refractivity contribution < 1.29 is 27.5 Å². The Bertz CT molecular complexity index is 952. The van der Waals surface area contributed by atoms with Crippen molar-refractivity contribution >= 4 is 29.1 Å². The summed E-state index contributed by atoms with van der Waals surface area (Å²) in [5, 5.41) is 2.82. The minimum atomic E-state index is -3.03. The van der Waals surface area contributed by atoms with E-state index in [2.05, 4.69) is 10.1 Å². The predicted molar refractivity (Wildman–Crippen MR) is 110 cm³/mol. The Morgan fingerprint density at radius 2 is 1.77 bits per heavy atom. The summed E-state index contributed by atoms with van der Waals surface area (Å²) in [7, 11) is 0. The van der Waals surface area contributed by atoms with Crippen molar-refractivity contribution in [2.75, 3.05) is 31.5 Å². The van der Waals surface area contributed by atoms with Crippen LogP contribution in [0.4, 0.5) is 18.9 Å². The van der Waals surface area contributed by atoms with Gasteiger partial charge in [0.25, 0.3) is 5.91 Å². The predicted octanol–water partition coefficient (Wildman–Crippen LogP) is 3.87. The third-order valence-corrected chi connectivity index (χ3v) is 5.28. The van der Waals surface area contributed by atoms with E-state index < -0.39 is 30.3 Å². The van der Waals surface area contributed by atoms with Gasteiger partial charge in [-0.05, 0) is 37.3 Å². The first-order valence-corrected chi connectivity index (χ1v) is 9.97. The molecule has 1 atom stereocenters. The summed E-state index contributed by atoms with van der Waals surface area (Å²) in [4.78, 5) is 28.7. The lowest BCUT2D eigenvalue weighted by atomic mass is 10.1. The molecule has 1 heterocycles. The molecule has 31 heavy (non-hydrogen) atoms. The zero-order valence-corrected chi connectivity index (χ0v) is 17.4. The van der Waals surface area contributed by atoms with E-state index in [1.807, 2.05) is 4.90 Å². The molecule has 1 N–H and O–H groups in total. The molecule has 0 radical (unpaired) electrons. The first-order valence-electron chi connectivity index (χ1n) is 9.59. The first kappa shape index (κ1) is 22.9. The number of piperazine rings is 1. The lowest BCUT2D eigenvalue weighted by Gasteiger charge is -2.37. The molecule has 3 rings (SSSR count). The number of amides is 2. The molecule has 1 fully saturated rings. The molecule has 2 aromatic carbocycles. The Hall–Kier alpha value is -2.78. The summed E-state index contributed by atoms with van der Waals surface area (Å²) < 4.78 is 43.5. The lowest BCUT2D eigenvalue weighted by molar-refractivity contribution is -0.121. The van der Waals surface area contributed by atoms with Gasteiger partial charge in [0.2, 0.25) is 5.91 Å². The molecule has 166 valence electrons. The van der Waals surface area contributed by atoms with Crippen LogP contribution >= 0.6 is 11.6 Å². The van der Waals surface area contributed by atoms with Gasteiger partial charge in [-0.3, -0.25) is 14.5 Å². The van der Waals surface area contributed by atoms with Crippen LogP contribution in [-0.2, 0) is 4.79 Å². The molecule has 2 amide bonds. The maximum absolute atomic E-state index is 13.9. The number of hydrogen-bond donors (Lipinski definition) is 1. The molecular formula is C21H21ClF3N3O3. The van der Waals surface area contributed by atoms with Crippen molar-refractivity contribution in [3.05, 3.63) is 58.9 Å². The zero-order valence-electron chi connectivity index (χ0n) is 16.7. The van der Waals surface area contributed by atoms with Crippen LogP contribution < -0.4 is 10.1 Å². The minimum absolute atomic E-state index is 0.00574. The van der Waals surface area contributed by atoms with Crippen molar-refractivity contribution in [1.29, 1.82) is 0 Å². The number of carbonyl (C=O) groups is 2. The molecular weight excluding hydrogens is 435 g/mol. The summed E-state index contributed by atoms with van der Waals surface area (Å²) in [6.45, 7) is 0.0122. The SMILES string of the molecule is CC(C(=O)Nc1cc(Cl)ccc1F)N1CCN(C(=O)c2ccccc2OC(F)F)CC1. The van der Waals surface area contributed by atoms with Crippen molar-refractivity contribution in [1.82, 2.24) is 9.80 Å². The van der Waals surface area contributed by atoms with Crippen LogP contribution in [-0.4, -0.2) is 60.4 Å². The topological polar surface area (TPSA) is 61.9 Å². The van der Waals surface area contributed by atoms with E-state index in [0.29, 0.717) is 31.2 Å². The van der Waals surface area contributed by atoms with Gasteiger partial charge in [0.05, 0.1) is 17.3 Å². The van der Waals surface area contributed by atoms with Crippen LogP contribution in [0.2, 0.25) is 5.02 Å². The highest BCUT2D eigenvalue weighted by Crippen LogP contribution is 2.23. The Balaban J connectivity index is 1.59. The van der Waals surface area contributed by atoms with Gasteiger partial charge in [-0.2, -0.15) is 8.78 Å². The van der Waals surface area contributed by atoms with E-state index in [4.69, 9.17) is 11.6 Å². The van der Waals surface area contributed by atoms with E-state index in [9.17, 15) is 22.8 Å². The molecule has 1 aliphatic heterocycles. The maximum atomic E-state index is 13.9. The molecule has 0 saturated carbocycles. The second-order valence-corrected chi connectivity index (χ2v) is 7.43. The monoisotopic (exact) mass is 455 g/mol. The Morgan fingerprint density at radius 1 is 1.10 bits per heavy atom. The highest BCUT2D eigenvalue weighted by Gasteiger charge is 2.29. The van der Waals surface area contributed by atoms with Crippen LogP contribution in [0.1, 0.15) is 17.3 Å². The molecule has 1 saturated heterocycles. The van der Waals surface area contributed by atoms with E-state index in [0.717, 1.165) is 0 Å². The van der Waals surface area contributed by atoms with Gasteiger partial charge in [0.1, 0.15) is 11.6 Å². The van der Waals surface area contributed by atoms with Gasteiger partial charge in [-0.15, -0.1) is 0 Å². The molecule has 0 spiro atoms. The van der Waals surface area contributed by atoms with Crippen molar-refractivity contribution in [2.24, 2.45) is 0 Å². The number of anilines is 1. The summed E-state index contributed by atoms with van der Waals surface area (Å²) in [5.74, 6) is -1.60. The quantitative estimate of drug-likeness (QED) is 0.718. The fourth-order valence-electron chi connectivity index (χ4n) is 3.32. The van der Waals surface area contributed by atoms with Crippen molar-refractivity contribution in [3.63, 3.8) is 0 Å². The molecule has 1 unspecified atom stereocenters. The van der Waals surface area contributed by atoms with Crippen LogP contribution in [0, 0.1) is 5.82 Å². The molecule has 1 aliphatic rings. The minimum Gasteiger partial charge on any atom is -0.434 e. The highest BCUT2D eigenvalue weighted by molar-refractivity contribution is 6.30. The van der Waals surface area contributed by atoms with E-state index in [1.165, 1.54) is 41.3 Å². The standard InChI is InChI=1S/C21H21ClF3N3O3/c1-13(19(29)26-17-12-14(22)6-7-16(17)23)27-8-10-28(11-9-27)20(30)15-4-2-3-5-18(15)31-21(24)25/h2-7,12-13,21H,8-11H2,1H3,(H,26,29). The average Bonchev–Trinajstić information content (AvgIpc) is 2.75. The summed E-state index contributed by atoms with van der Waals surface area (Å²) in [5.41, 5.74) is 0.0484. The maximum Gasteiger partial charge on any atom is 0.387 e. The van der Waals surface area contributed by atoms with Gasteiger partial charge in [0.15, 0.2) is 0 Å². The van der Waals surface area contributed by atoms with Crippen molar-refractivity contribution in [2.45, 2.75) is 19.6 Å². The van der Waals surface area contributed by atoms with Gasteiger partial charge in [0, 0.05) is 31.2 Å². The molecule has 0 aromatic heterocycles. The third kappa shape index (κ3) is 5.68. The normalized spacial score (nSPS) is 15.6. The number of halogens is 4. The highest BCUT2D eigenvalue weighted by atomic mass is 35.5. The van der Waals surface area contributed by atoms with Gasteiger partial charge >= 0.3 is 6.61 Å². The van der Waals surface area contributed by atoms with Crippen molar-refractivity contribution in [3.8, 4) is 5.75 Å². The number of benzene rings is 2. The smallest absolute Gasteiger partial charge is 0.387 e. The van der Waals surface area contributed by atoms with Crippen LogP contribution in [0.3, 0.4) is 0 Å². The summed E-state index contributed by atoms with van der Waals surface area (Å²) >= 11 is 5.85. The van der Waals surface area contributed by atoms with Gasteiger partial charge < -0.3 is 15.0 Å². The number of nitrogens with one attached hydrogen (secondary N) is 1. The molecule has 0 aliphatic carbocycles. The first-order chi connectivity index (χ1) is 14.8. The number of hydrogen-bond acceptors (Lipinski definition) is 4. The number of carbonyl (C=O) groups excluding carboxylic acids is 2. The van der Waals surface area contributed by atoms with E-state index in [-0.39, 0.29) is 17.0 Å². The number of rotatable bonds is 6. The van der Waals surface area contributed by atoms with Crippen LogP contribution in [0.25, 0.3) is 0 Å². The fraction of sp³-hybridized carbons (Fsp3) is 0.333. The lowest BCUT2D eigenvalue weighted by Crippen LogP contribution is -2.54. The third-order valence-electron chi connectivity index (χ3n) is 5.05. The van der Waals surface area contributed by atoms with E-state index >= 15 is 0 Å². The van der Waals surface area contributed by atoms with Crippen LogP contribution in [0.5, 0.6) is 5.75 Å². The molecule has 2 aromatic rings. The zero-order chi connectivity index (χ0) is 22.5.